The number of rotatable bonds is 2. The molecule has 2 aliphatic heterocycles. The molecule has 0 amide bonds. The minimum absolute atomic E-state index is 0.301. The number of nitrogens with zero attached hydrogens (tertiary/aromatic N) is 1. The molecule has 0 N–H and O–H groups in total. The molecule has 2 saturated heterocycles. The quantitative estimate of drug-likeness (QED) is 0.658. The molecule has 0 spiro atoms. The molecule has 0 aromatic heterocycles. The van der Waals surface area contributed by atoms with E-state index in [2.05, 4.69) is 4.90 Å². The van der Waals surface area contributed by atoms with Gasteiger partial charge in [-0.15, -0.1) is 0 Å². The second kappa shape index (κ2) is 4.62. The molecular formula is C13H21B2NO. The van der Waals surface area contributed by atoms with Crippen molar-refractivity contribution >= 4 is 15.7 Å². The Kier molecular flexibility index (Phi) is 3.29. The first-order valence-electron chi connectivity index (χ1n) is 7.08. The number of likely N-dealkylation sites (tertiary alicyclic amines) is 1. The van der Waals surface area contributed by atoms with Gasteiger partial charge in [-0.1, -0.05) is 6.42 Å². The second-order valence-electron chi connectivity index (χ2n) is 6.16. The molecule has 1 aliphatic carbocycles. The molecule has 3 aliphatic rings. The van der Waals surface area contributed by atoms with Crippen molar-refractivity contribution in [2.45, 2.75) is 37.4 Å². The number of hydrogen-bond donors (Lipinski definition) is 0. The van der Waals surface area contributed by atoms with Gasteiger partial charge in [0.25, 0.3) is 0 Å². The zero-order valence-electron chi connectivity index (χ0n) is 10.6. The number of hydrogen-bond acceptors (Lipinski definition) is 2. The third-order valence-electron chi connectivity index (χ3n) is 5.09. The summed E-state index contributed by atoms with van der Waals surface area (Å²) in [5.74, 6) is 2.01. The van der Waals surface area contributed by atoms with Crippen LogP contribution in [0.15, 0.2) is 0 Å². The van der Waals surface area contributed by atoms with Crippen LogP contribution in [-0.2, 0) is 4.74 Å². The molecule has 3 atom stereocenters. The summed E-state index contributed by atoms with van der Waals surface area (Å²) in [6.07, 6.45) is 6.36. The van der Waals surface area contributed by atoms with Gasteiger partial charge in [0.05, 0.1) is 15.7 Å². The smallest absolute Gasteiger partial charge is 0.0829 e. The van der Waals surface area contributed by atoms with E-state index in [-0.39, 0.29) is 0 Å². The van der Waals surface area contributed by atoms with Gasteiger partial charge in [0.2, 0.25) is 0 Å². The maximum absolute atomic E-state index is 6.42. The van der Waals surface area contributed by atoms with Crippen LogP contribution in [0.3, 0.4) is 0 Å². The Morgan fingerprint density at radius 1 is 1.00 bits per heavy atom. The average molecular weight is 229 g/mol. The Morgan fingerprint density at radius 3 is 2.29 bits per heavy atom. The van der Waals surface area contributed by atoms with E-state index in [0.29, 0.717) is 5.92 Å². The van der Waals surface area contributed by atoms with Gasteiger partial charge in [0, 0.05) is 26.3 Å². The van der Waals surface area contributed by atoms with E-state index in [4.69, 9.17) is 20.4 Å². The zero-order chi connectivity index (χ0) is 11.9. The molecular weight excluding hydrogens is 208 g/mol. The van der Waals surface area contributed by atoms with Crippen LogP contribution in [0.2, 0.25) is 0 Å². The maximum Gasteiger partial charge on any atom is 0.0829 e. The Bertz CT molecular complexity index is 267. The van der Waals surface area contributed by atoms with Crippen LogP contribution < -0.4 is 0 Å². The van der Waals surface area contributed by atoms with Crippen molar-refractivity contribution in [3.8, 4) is 0 Å². The molecule has 3 rings (SSSR count). The van der Waals surface area contributed by atoms with Crippen LogP contribution in [0.1, 0.15) is 32.1 Å². The highest BCUT2D eigenvalue weighted by Gasteiger charge is 2.43. The van der Waals surface area contributed by atoms with Gasteiger partial charge in [0.1, 0.15) is 0 Å². The lowest BCUT2D eigenvalue weighted by Gasteiger charge is -2.45. The lowest BCUT2D eigenvalue weighted by atomic mass is 9.53. The molecule has 4 heteroatoms. The third kappa shape index (κ3) is 2.19. The van der Waals surface area contributed by atoms with Crippen molar-refractivity contribution < 1.29 is 4.74 Å². The van der Waals surface area contributed by atoms with Gasteiger partial charge in [-0.2, -0.15) is 0 Å². The monoisotopic (exact) mass is 229 g/mol. The van der Waals surface area contributed by atoms with Crippen LogP contribution in [0.5, 0.6) is 0 Å². The highest BCUT2D eigenvalue weighted by Crippen LogP contribution is 2.41. The van der Waals surface area contributed by atoms with Crippen molar-refractivity contribution in [2.75, 3.05) is 26.3 Å². The van der Waals surface area contributed by atoms with Gasteiger partial charge in [0.15, 0.2) is 0 Å². The van der Waals surface area contributed by atoms with Crippen LogP contribution in [0.25, 0.3) is 0 Å². The Morgan fingerprint density at radius 2 is 1.71 bits per heavy atom. The first kappa shape index (κ1) is 12.1. The minimum atomic E-state index is -0.648. The molecule has 3 fully saturated rings. The summed E-state index contributed by atoms with van der Waals surface area (Å²) in [5, 5.41) is -0.648. The van der Waals surface area contributed by atoms with E-state index in [1.54, 1.807) is 0 Å². The van der Waals surface area contributed by atoms with Crippen LogP contribution in [0, 0.1) is 17.8 Å². The lowest BCUT2D eigenvalue weighted by Crippen LogP contribution is -2.56. The summed E-state index contributed by atoms with van der Waals surface area (Å²) >= 11 is 0. The van der Waals surface area contributed by atoms with Crippen molar-refractivity contribution in [3.63, 3.8) is 0 Å². The van der Waals surface area contributed by atoms with Crippen molar-refractivity contribution in [2.24, 2.45) is 17.8 Å². The molecule has 0 bridgehead atoms. The van der Waals surface area contributed by atoms with Crippen molar-refractivity contribution in [1.29, 1.82) is 0 Å². The second-order valence-corrected chi connectivity index (χ2v) is 6.16. The van der Waals surface area contributed by atoms with Crippen molar-refractivity contribution in [1.82, 2.24) is 4.90 Å². The van der Waals surface area contributed by atoms with E-state index < -0.39 is 5.34 Å². The molecule has 1 saturated carbocycles. The SMILES string of the molecule is [B]C([B])(C1CCCOC1)N1CC2CCCC2C1. The van der Waals surface area contributed by atoms with Crippen molar-refractivity contribution in [3.05, 3.63) is 0 Å². The van der Waals surface area contributed by atoms with E-state index in [1.165, 1.54) is 19.3 Å². The summed E-state index contributed by atoms with van der Waals surface area (Å²) in [5.41, 5.74) is 0. The predicted octanol–water partition coefficient (Wildman–Crippen LogP) is 1.14. The average Bonchev–Trinajstić information content (AvgIpc) is 2.90. The topological polar surface area (TPSA) is 12.5 Å². The first-order valence-corrected chi connectivity index (χ1v) is 7.08. The molecule has 3 unspecified atom stereocenters. The minimum Gasteiger partial charge on any atom is -0.381 e. The third-order valence-corrected chi connectivity index (χ3v) is 5.09. The fraction of sp³-hybridized carbons (Fsp3) is 1.00. The van der Waals surface area contributed by atoms with Gasteiger partial charge in [-0.05, 0) is 48.8 Å². The predicted molar refractivity (Wildman–Crippen MR) is 70.2 cm³/mol. The molecule has 2 nitrogen and oxygen atoms in total. The van der Waals surface area contributed by atoms with E-state index in [9.17, 15) is 0 Å². The Labute approximate surface area is 107 Å². The molecule has 4 radical (unpaired) electrons. The number of ether oxygens (including phenoxy) is 1. The lowest BCUT2D eigenvalue weighted by molar-refractivity contribution is 0.0214. The normalized spacial score (nSPS) is 39.4. The summed E-state index contributed by atoms with van der Waals surface area (Å²) in [6, 6.07) is 0. The van der Waals surface area contributed by atoms with Crippen LogP contribution in [-0.4, -0.2) is 52.2 Å². The van der Waals surface area contributed by atoms with Gasteiger partial charge >= 0.3 is 0 Å². The molecule has 17 heavy (non-hydrogen) atoms. The summed E-state index contributed by atoms with van der Waals surface area (Å²) in [7, 11) is 12.8. The van der Waals surface area contributed by atoms with Gasteiger partial charge < -0.3 is 9.64 Å². The fourth-order valence-corrected chi connectivity index (χ4v) is 3.91. The highest BCUT2D eigenvalue weighted by molar-refractivity contribution is 6.40. The Balaban J connectivity index is 1.66. The first-order chi connectivity index (χ1) is 8.18. The molecule has 2 heterocycles. The molecule has 90 valence electrons. The van der Waals surface area contributed by atoms with Crippen LogP contribution >= 0.6 is 0 Å². The van der Waals surface area contributed by atoms with Gasteiger partial charge in [-0.25, -0.2) is 0 Å². The largest absolute Gasteiger partial charge is 0.381 e. The summed E-state index contributed by atoms with van der Waals surface area (Å²) < 4.78 is 5.54. The molecule has 0 aromatic carbocycles. The van der Waals surface area contributed by atoms with E-state index >= 15 is 0 Å². The number of fused-ring (bicyclic) bond motifs is 1. The zero-order valence-corrected chi connectivity index (χ0v) is 10.6. The standard InChI is InChI=1S/C13H21B2NO/c14-13(15,12-5-2-6-17-9-12)16-7-10-3-1-4-11(10)8-16/h10-12H,1-9H2. The van der Waals surface area contributed by atoms with Gasteiger partial charge in [-0.3, -0.25) is 0 Å². The summed E-state index contributed by atoms with van der Waals surface area (Å²) in [6.45, 7) is 3.82. The molecule has 0 aromatic rings. The summed E-state index contributed by atoms with van der Waals surface area (Å²) in [4.78, 5) is 2.33. The van der Waals surface area contributed by atoms with E-state index in [0.717, 1.165) is 51.0 Å². The van der Waals surface area contributed by atoms with E-state index in [1.807, 2.05) is 0 Å². The Hall–Kier alpha value is 0.0499. The highest BCUT2D eigenvalue weighted by atomic mass is 16.5. The van der Waals surface area contributed by atoms with Crippen LogP contribution in [0.4, 0.5) is 0 Å². The fourth-order valence-electron chi connectivity index (χ4n) is 3.91. The maximum atomic E-state index is 6.42.